The smallest absolute Gasteiger partial charge is 0.254 e. The number of rotatable bonds is 2. The van der Waals surface area contributed by atoms with Gasteiger partial charge >= 0.3 is 0 Å². The summed E-state index contributed by atoms with van der Waals surface area (Å²) < 4.78 is 5.78. The molecule has 5 nitrogen and oxygen atoms in total. The fraction of sp³-hybridized carbons (Fsp3) is 0.467. The molecule has 20 heavy (non-hydrogen) atoms. The molecule has 2 N–H and O–H groups in total. The minimum atomic E-state index is -0.532. The van der Waals surface area contributed by atoms with E-state index in [9.17, 15) is 9.59 Å². The van der Waals surface area contributed by atoms with Crippen LogP contribution in [0.4, 0.5) is 0 Å². The van der Waals surface area contributed by atoms with E-state index < -0.39 is 5.91 Å². The van der Waals surface area contributed by atoms with Gasteiger partial charge in [-0.3, -0.25) is 9.59 Å². The zero-order valence-electron chi connectivity index (χ0n) is 12.1. The number of nitrogens with zero attached hydrogens (tertiary/aromatic N) is 1. The number of carbonyl (C=O) groups excluding carboxylic acids is 2. The number of amides is 2. The average molecular weight is 276 g/mol. The normalized spacial score (nSPS) is 21.6. The lowest BCUT2D eigenvalue weighted by Gasteiger charge is -2.41. The molecule has 2 rings (SSSR count). The van der Waals surface area contributed by atoms with Crippen LogP contribution in [-0.2, 0) is 4.74 Å². The number of carbonyl (C=O) groups is 2. The fourth-order valence-electron chi connectivity index (χ4n) is 2.60. The largest absolute Gasteiger partial charge is 0.369 e. The van der Waals surface area contributed by atoms with E-state index in [2.05, 4.69) is 0 Å². The van der Waals surface area contributed by atoms with Crippen LogP contribution in [-0.4, -0.2) is 41.5 Å². The van der Waals surface area contributed by atoms with Gasteiger partial charge in [0, 0.05) is 24.2 Å². The molecule has 0 radical (unpaired) electrons. The fourth-order valence-corrected chi connectivity index (χ4v) is 2.60. The van der Waals surface area contributed by atoms with Crippen LogP contribution < -0.4 is 5.73 Å². The van der Waals surface area contributed by atoms with Crippen LogP contribution in [0.3, 0.4) is 0 Å². The molecular formula is C15H20N2O3. The van der Waals surface area contributed by atoms with Gasteiger partial charge in [-0.1, -0.05) is 6.07 Å². The monoisotopic (exact) mass is 276 g/mol. The second-order valence-corrected chi connectivity index (χ2v) is 5.82. The SMILES string of the molecule is CC1CN(C(=O)c2cccc(C(N)=O)c2)CC(C)(C)O1. The van der Waals surface area contributed by atoms with Crippen molar-refractivity contribution in [3.8, 4) is 0 Å². The predicted octanol–water partition coefficient (Wildman–Crippen LogP) is 1.43. The van der Waals surface area contributed by atoms with E-state index in [1.807, 2.05) is 20.8 Å². The van der Waals surface area contributed by atoms with Crippen LogP contribution in [0.25, 0.3) is 0 Å². The van der Waals surface area contributed by atoms with Crippen LogP contribution in [0.5, 0.6) is 0 Å². The topological polar surface area (TPSA) is 72.6 Å². The van der Waals surface area contributed by atoms with Crippen LogP contribution in [0.1, 0.15) is 41.5 Å². The van der Waals surface area contributed by atoms with Crippen molar-refractivity contribution in [3.05, 3.63) is 35.4 Å². The molecule has 1 aliphatic rings. The Balaban J connectivity index is 2.22. The number of hydrogen-bond acceptors (Lipinski definition) is 3. The molecule has 0 aliphatic carbocycles. The van der Waals surface area contributed by atoms with Gasteiger partial charge in [-0.05, 0) is 39.0 Å². The van der Waals surface area contributed by atoms with E-state index in [0.717, 1.165) is 0 Å². The lowest BCUT2D eigenvalue weighted by Crippen LogP contribution is -2.53. The molecule has 0 spiro atoms. The van der Waals surface area contributed by atoms with Gasteiger partial charge < -0.3 is 15.4 Å². The van der Waals surface area contributed by atoms with Crippen molar-refractivity contribution in [2.75, 3.05) is 13.1 Å². The number of benzene rings is 1. The van der Waals surface area contributed by atoms with E-state index in [4.69, 9.17) is 10.5 Å². The highest BCUT2D eigenvalue weighted by Crippen LogP contribution is 2.22. The summed E-state index contributed by atoms with van der Waals surface area (Å²) in [5.41, 5.74) is 5.70. The van der Waals surface area contributed by atoms with Crippen LogP contribution >= 0.6 is 0 Å². The first-order chi connectivity index (χ1) is 9.28. The molecule has 1 heterocycles. The van der Waals surface area contributed by atoms with Gasteiger partial charge in [0.1, 0.15) is 0 Å². The van der Waals surface area contributed by atoms with Crippen molar-refractivity contribution in [1.82, 2.24) is 4.90 Å². The maximum atomic E-state index is 12.5. The van der Waals surface area contributed by atoms with Crippen molar-refractivity contribution < 1.29 is 14.3 Å². The summed E-state index contributed by atoms with van der Waals surface area (Å²) in [6.07, 6.45) is -0.0120. The standard InChI is InChI=1S/C15H20N2O3/c1-10-8-17(9-15(2,3)20-10)14(19)12-6-4-5-11(7-12)13(16)18/h4-7,10H,8-9H2,1-3H3,(H2,16,18). The van der Waals surface area contributed by atoms with Crippen molar-refractivity contribution in [2.45, 2.75) is 32.5 Å². The third-order valence-corrected chi connectivity index (χ3v) is 3.25. The highest BCUT2D eigenvalue weighted by molar-refractivity contribution is 5.99. The number of ether oxygens (including phenoxy) is 1. The summed E-state index contributed by atoms with van der Waals surface area (Å²) in [6, 6.07) is 6.51. The highest BCUT2D eigenvalue weighted by atomic mass is 16.5. The Morgan fingerprint density at radius 2 is 2.00 bits per heavy atom. The number of morpholine rings is 1. The minimum Gasteiger partial charge on any atom is -0.369 e. The van der Waals surface area contributed by atoms with Gasteiger partial charge in [0.05, 0.1) is 11.7 Å². The molecule has 1 aromatic rings. The van der Waals surface area contributed by atoms with Crippen molar-refractivity contribution in [2.24, 2.45) is 5.73 Å². The minimum absolute atomic E-state index is 0.0120. The van der Waals surface area contributed by atoms with Gasteiger partial charge in [-0.2, -0.15) is 0 Å². The molecule has 1 fully saturated rings. The summed E-state index contributed by atoms with van der Waals surface area (Å²) in [4.78, 5) is 25.5. The number of primary amides is 1. The van der Waals surface area contributed by atoms with Crippen molar-refractivity contribution in [1.29, 1.82) is 0 Å². The third-order valence-electron chi connectivity index (χ3n) is 3.25. The highest BCUT2D eigenvalue weighted by Gasteiger charge is 2.34. The molecule has 0 bridgehead atoms. The Hall–Kier alpha value is -1.88. The average Bonchev–Trinajstić information content (AvgIpc) is 2.35. The van der Waals surface area contributed by atoms with Crippen molar-refractivity contribution >= 4 is 11.8 Å². The van der Waals surface area contributed by atoms with E-state index in [0.29, 0.717) is 24.2 Å². The lowest BCUT2D eigenvalue weighted by atomic mass is 10.0. The van der Waals surface area contributed by atoms with Gasteiger partial charge in [-0.15, -0.1) is 0 Å². The molecule has 0 saturated carbocycles. The molecular weight excluding hydrogens is 256 g/mol. The first-order valence-corrected chi connectivity index (χ1v) is 6.65. The number of nitrogens with two attached hydrogens (primary N) is 1. The molecule has 1 unspecified atom stereocenters. The zero-order valence-corrected chi connectivity index (χ0v) is 12.1. The first-order valence-electron chi connectivity index (χ1n) is 6.65. The van der Waals surface area contributed by atoms with Gasteiger partial charge in [0.15, 0.2) is 0 Å². The van der Waals surface area contributed by atoms with E-state index in [1.54, 1.807) is 23.1 Å². The Kier molecular flexibility index (Phi) is 3.81. The Bertz CT molecular complexity index is 540. The summed E-state index contributed by atoms with van der Waals surface area (Å²) >= 11 is 0. The van der Waals surface area contributed by atoms with Crippen LogP contribution in [0.2, 0.25) is 0 Å². The number of hydrogen-bond donors (Lipinski definition) is 1. The first kappa shape index (κ1) is 14.5. The molecule has 2 amide bonds. The molecule has 5 heteroatoms. The molecule has 1 aliphatic heterocycles. The van der Waals surface area contributed by atoms with Crippen LogP contribution in [0.15, 0.2) is 24.3 Å². The molecule has 1 aromatic carbocycles. The van der Waals surface area contributed by atoms with Gasteiger partial charge in [0.25, 0.3) is 5.91 Å². The Labute approximate surface area is 118 Å². The quantitative estimate of drug-likeness (QED) is 0.888. The lowest BCUT2D eigenvalue weighted by molar-refractivity contribution is -0.118. The van der Waals surface area contributed by atoms with E-state index in [1.165, 1.54) is 6.07 Å². The molecule has 108 valence electrons. The second-order valence-electron chi connectivity index (χ2n) is 5.82. The van der Waals surface area contributed by atoms with Crippen molar-refractivity contribution in [3.63, 3.8) is 0 Å². The Morgan fingerprint density at radius 1 is 1.35 bits per heavy atom. The summed E-state index contributed by atoms with van der Waals surface area (Å²) in [5.74, 6) is -0.633. The maximum absolute atomic E-state index is 12.5. The van der Waals surface area contributed by atoms with Gasteiger partial charge in [-0.25, -0.2) is 0 Å². The maximum Gasteiger partial charge on any atom is 0.254 e. The summed E-state index contributed by atoms with van der Waals surface area (Å²) in [6.45, 7) is 6.94. The molecule has 1 atom stereocenters. The summed E-state index contributed by atoms with van der Waals surface area (Å²) in [7, 11) is 0. The zero-order chi connectivity index (χ0) is 14.9. The van der Waals surface area contributed by atoms with E-state index in [-0.39, 0.29) is 17.6 Å². The summed E-state index contributed by atoms with van der Waals surface area (Å²) in [5, 5.41) is 0. The second kappa shape index (κ2) is 5.25. The predicted molar refractivity (Wildman–Crippen MR) is 75.5 cm³/mol. The molecule has 0 aromatic heterocycles. The third kappa shape index (κ3) is 3.17. The van der Waals surface area contributed by atoms with E-state index >= 15 is 0 Å². The molecule has 1 saturated heterocycles. The van der Waals surface area contributed by atoms with Gasteiger partial charge in [0.2, 0.25) is 5.91 Å². The Morgan fingerprint density at radius 3 is 2.60 bits per heavy atom. The van der Waals surface area contributed by atoms with Crippen LogP contribution in [0, 0.1) is 0 Å².